The topological polar surface area (TPSA) is 76.1 Å². The van der Waals surface area contributed by atoms with E-state index in [1.165, 1.54) is 11.9 Å². The van der Waals surface area contributed by atoms with Crippen molar-refractivity contribution >= 4 is 13.5 Å². The molecule has 116 valence electrons. The minimum atomic E-state index is -3.31. The SMILES string of the molecule is CCOP(=O)(/C=C/CN(O)C(=O)c1ccccc1)OCC. The van der Waals surface area contributed by atoms with Crippen molar-refractivity contribution in [3.05, 3.63) is 47.8 Å². The number of benzene rings is 1. The summed E-state index contributed by atoms with van der Waals surface area (Å²) in [5.41, 5.74) is 0.367. The second kappa shape index (κ2) is 8.74. The van der Waals surface area contributed by atoms with Gasteiger partial charge in [0.25, 0.3) is 5.91 Å². The van der Waals surface area contributed by atoms with E-state index in [1.807, 2.05) is 0 Å². The van der Waals surface area contributed by atoms with Crippen molar-refractivity contribution in [2.45, 2.75) is 13.8 Å². The van der Waals surface area contributed by atoms with E-state index in [-0.39, 0.29) is 19.8 Å². The van der Waals surface area contributed by atoms with Crippen molar-refractivity contribution in [2.75, 3.05) is 19.8 Å². The lowest BCUT2D eigenvalue weighted by atomic mass is 10.2. The maximum atomic E-state index is 12.1. The van der Waals surface area contributed by atoms with Gasteiger partial charge in [-0.1, -0.05) is 24.3 Å². The summed E-state index contributed by atoms with van der Waals surface area (Å²) in [5, 5.41) is 10.2. The molecule has 0 spiro atoms. The summed E-state index contributed by atoms with van der Waals surface area (Å²) in [4.78, 5) is 11.9. The molecule has 0 unspecified atom stereocenters. The van der Waals surface area contributed by atoms with Gasteiger partial charge in [0.15, 0.2) is 0 Å². The molecule has 1 N–H and O–H groups in total. The molecule has 0 radical (unpaired) electrons. The first kappa shape index (κ1) is 17.6. The molecule has 0 atom stereocenters. The summed E-state index contributed by atoms with van der Waals surface area (Å²) in [6, 6.07) is 8.38. The average molecular weight is 313 g/mol. The van der Waals surface area contributed by atoms with Crippen molar-refractivity contribution in [3.63, 3.8) is 0 Å². The fraction of sp³-hybridized carbons (Fsp3) is 0.357. The predicted octanol–water partition coefficient (Wildman–Crippen LogP) is 3.30. The lowest BCUT2D eigenvalue weighted by Crippen LogP contribution is -2.27. The van der Waals surface area contributed by atoms with Crippen LogP contribution >= 0.6 is 7.60 Å². The van der Waals surface area contributed by atoms with E-state index in [0.29, 0.717) is 10.6 Å². The van der Waals surface area contributed by atoms with Gasteiger partial charge < -0.3 is 9.05 Å². The normalized spacial score (nSPS) is 11.8. The van der Waals surface area contributed by atoms with E-state index in [1.54, 1.807) is 44.2 Å². The van der Waals surface area contributed by atoms with Crippen molar-refractivity contribution in [1.82, 2.24) is 5.06 Å². The Kier molecular flexibility index (Phi) is 7.32. The van der Waals surface area contributed by atoms with Crippen LogP contribution in [0.4, 0.5) is 0 Å². The van der Waals surface area contributed by atoms with Gasteiger partial charge in [0.05, 0.1) is 19.8 Å². The summed E-state index contributed by atoms with van der Waals surface area (Å²) in [6.07, 6.45) is 1.38. The summed E-state index contributed by atoms with van der Waals surface area (Å²) in [5.74, 6) is 0.713. The number of carbonyl (C=O) groups excluding carboxylic acids is 1. The summed E-state index contributed by atoms with van der Waals surface area (Å²) < 4.78 is 22.2. The first-order valence-corrected chi connectivity index (χ1v) is 8.26. The van der Waals surface area contributed by atoms with Gasteiger partial charge in [0, 0.05) is 11.4 Å². The van der Waals surface area contributed by atoms with E-state index in [0.717, 1.165) is 0 Å². The van der Waals surface area contributed by atoms with Crippen molar-refractivity contribution < 1.29 is 23.6 Å². The first-order valence-electron chi connectivity index (χ1n) is 6.64. The molecule has 1 amide bonds. The molecule has 6 nitrogen and oxygen atoms in total. The Balaban J connectivity index is 2.62. The Morgan fingerprint density at radius 2 is 1.81 bits per heavy atom. The van der Waals surface area contributed by atoms with Gasteiger partial charge in [0.1, 0.15) is 0 Å². The number of hydrogen-bond acceptors (Lipinski definition) is 5. The Morgan fingerprint density at radius 3 is 2.33 bits per heavy atom. The smallest absolute Gasteiger partial charge is 0.306 e. The van der Waals surface area contributed by atoms with Gasteiger partial charge in [0.2, 0.25) is 0 Å². The molecule has 0 aliphatic heterocycles. The number of rotatable bonds is 8. The van der Waals surface area contributed by atoms with Crippen LogP contribution in [0.5, 0.6) is 0 Å². The molecule has 0 heterocycles. The van der Waals surface area contributed by atoms with Gasteiger partial charge >= 0.3 is 7.60 Å². The molecule has 0 aliphatic carbocycles. The highest BCUT2D eigenvalue weighted by molar-refractivity contribution is 7.57. The highest BCUT2D eigenvalue weighted by atomic mass is 31.2. The Bertz CT molecular complexity index is 507. The summed E-state index contributed by atoms with van der Waals surface area (Å²) >= 11 is 0. The fourth-order valence-electron chi connectivity index (χ4n) is 1.57. The van der Waals surface area contributed by atoms with Crippen LogP contribution in [0.15, 0.2) is 42.2 Å². The van der Waals surface area contributed by atoms with Crippen LogP contribution in [0.2, 0.25) is 0 Å². The molecule has 0 saturated carbocycles. The Labute approximate surface area is 124 Å². The minimum Gasteiger partial charge on any atom is -0.306 e. The fourth-order valence-corrected chi connectivity index (χ4v) is 2.89. The largest absolute Gasteiger partial charge is 0.353 e. The maximum absolute atomic E-state index is 12.1. The highest BCUT2D eigenvalue weighted by Crippen LogP contribution is 2.49. The number of amides is 1. The van der Waals surface area contributed by atoms with Crippen LogP contribution in [0.25, 0.3) is 0 Å². The van der Waals surface area contributed by atoms with Crippen molar-refractivity contribution in [2.24, 2.45) is 0 Å². The molecule has 0 bridgehead atoms. The van der Waals surface area contributed by atoms with Crippen LogP contribution < -0.4 is 0 Å². The van der Waals surface area contributed by atoms with E-state index < -0.39 is 13.5 Å². The average Bonchev–Trinajstić information content (AvgIpc) is 2.47. The van der Waals surface area contributed by atoms with Gasteiger partial charge in [-0.15, -0.1) is 0 Å². The van der Waals surface area contributed by atoms with Crippen LogP contribution in [0.3, 0.4) is 0 Å². The van der Waals surface area contributed by atoms with E-state index in [9.17, 15) is 14.6 Å². The molecular formula is C14H20NO5P. The molecule has 0 aliphatic rings. The molecular weight excluding hydrogens is 293 g/mol. The molecule has 21 heavy (non-hydrogen) atoms. The maximum Gasteiger partial charge on any atom is 0.353 e. The number of carbonyl (C=O) groups is 1. The highest BCUT2D eigenvalue weighted by Gasteiger charge is 2.19. The predicted molar refractivity (Wildman–Crippen MR) is 79.3 cm³/mol. The molecule has 7 heteroatoms. The monoisotopic (exact) mass is 313 g/mol. The number of hydrogen-bond donors (Lipinski definition) is 1. The molecule has 0 fully saturated rings. The van der Waals surface area contributed by atoms with Crippen LogP contribution in [0.1, 0.15) is 24.2 Å². The van der Waals surface area contributed by atoms with Crippen molar-refractivity contribution in [1.29, 1.82) is 0 Å². The second-order valence-electron chi connectivity index (χ2n) is 4.01. The van der Waals surface area contributed by atoms with Gasteiger partial charge in [-0.25, -0.2) is 5.06 Å². The summed E-state index contributed by atoms with van der Waals surface area (Å²) in [7, 11) is -3.31. The van der Waals surface area contributed by atoms with Crippen LogP contribution in [0, 0.1) is 0 Å². The standard InChI is InChI=1S/C14H20NO5P/c1-3-19-21(18,20-4-2)12-8-11-15(17)14(16)13-9-6-5-7-10-13/h5-10,12,17H,3-4,11H2,1-2H3/b12-8+. The third-order valence-corrected chi connectivity index (χ3v) is 4.25. The Morgan fingerprint density at radius 1 is 1.24 bits per heavy atom. The van der Waals surface area contributed by atoms with Crippen LogP contribution in [-0.2, 0) is 13.6 Å². The van der Waals surface area contributed by atoms with Gasteiger partial charge in [-0.05, 0) is 26.0 Å². The first-order chi connectivity index (χ1) is 10.0. The summed E-state index contributed by atoms with van der Waals surface area (Å²) in [6.45, 7) is 3.78. The van der Waals surface area contributed by atoms with Crippen molar-refractivity contribution in [3.8, 4) is 0 Å². The zero-order valence-corrected chi connectivity index (χ0v) is 13.0. The van der Waals surface area contributed by atoms with Crippen LogP contribution in [-0.4, -0.2) is 35.9 Å². The minimum absolute atomic E-state index is 0.113. The number of hydroxylamine groups is 2. The Hall–Kier alpha value is -1.46. The quantitative estimate of drug-likeness (QED) is 0.453. The molecule has 0 aromatic heterocycles. The lowest BCUT2D eigenvalue weighted by molar-refractivity contribution is -0.0494. The lowest BCUT2D eigenvalue weighted by Gasteiger charge is -2.14. The molecule has 1 aromatic rings. The van der Waals surface area contributed by atoms with Gasteiger partial charge in [-0.2, -0.15) is 0 Å². The van der Waals surface area contributed by atoms with E-state index >= 15 is 0 Å². The second-order valence-corrected chi connectivity index (χ2v) is 5.91. The zero-order valence-electron chi connectivity index (χ0n) is 12.1. The third-order valence-electron chi connectivity index (χ3n) is 2.44. The van der Waals surface area contributed by atoms with E-state index in [2.05, 4.69) is 0 Å². The van der Waals surface area contributed by atoms with Gasteiger partial charge in [-0.3, -0.25) is 14.6 Å². The zero-order chi connectivity index (χ0) is 15.7. The third kappa shape index (κ3) is 5.81. The molecule has 1 aromatic carbocycles. The molecule has 1 rings (SSSR count). The van der Waals surface area contributed by atoms with E-state index in [4.69, 9.17) is 9.05 Å². The number of nitrogens with zero attached hydrogens (tertiary/aromatic N) is 1. The molecule has 0 saturated heterocycles.